The van der Waals surface area contributed by atoms with Gasteiger partial charge in [-0.05, 0) is 24.6 Å². The van der Waals surface area contributed by atoms with Gasteiger partial charge in [0.15, 0.2) is 5.78 Å². The van der Waals surface area contributed by atoms with Gasteiger partial charge in [0.2, 0.25) is 0 Å². The average Bonchev–Trinajstić information content (AvgIpc) is 2.28. The lowest BCUT2D eigenvalue weighted by Gasteiger charge is -2.10. The van der Waals surface area contributed by atoms with Crippen molar-refractivity contribution in [2.75, 3.05) is 19.5 Å². The van der Waals surface area contributed by atoms with Crippen LogP contribution in [0.3, 0.4) is 0 Å². The molecule has 3 nitrogen and oxygen atoms in total. The number of halogens is 1. The summed E-state index contributed by atoms with van der Waals surface area (Å²) in [7, 11) is 1.58. The molecule has 0 aliphatic rings. The van der Waals surface area contributed by atoms with Crippen LogP contribution in [0.2, 0.25) is 0 Å². The van der Waals surface area contributed by atoms with Gasteiger partial charge in [-0.1, -0.05) is 6.92 Å². The number of Topliss-reactive ketones (excluding diaryl/α,β-unsaturated/α-hetero) is 1. The lowest BCUT2D eigenvalue weighted by Crippen LogP contribution is -2.13. The molecule has 0 aliphatic carbocycles. The van der Waals surface area contributed by atoms with Crippen molar-refractivity contribution in [3.05, 3.63) is 29.6 Å². The maximum atomic E-state index is 13.2. The predicted molar refractivity (Wildman–Crippen MR) is 60.8 cm³/mol. The van der Waals surface area contributed by atoms with Crippen LogP contribution in [-0.2, 0) is 4.74 Å². The smallest absolute Gasteiger partial charge is 0.165 e. The molecule has 1 unspecified atom stereocenters. The van der Waals surface area contributed by atoms with Gasteiger partial charge in [0.05, 0.1) is 5.69 Å². The standard InChI is InChI=1S/C12H16FNO2/c1-8(5-6-16-2)12(15)9-3-4-11(14)10(13)7-9/h3-4,7-8H,5-6,14H2,1-2H3. The van der Waals surface area contributed by atoms with E-state index in [-0.39, 0.29) is 17.4 Å². The minimum absolute atomic E-state index is 0.0566. The second-order valence-electron chi connectivity index (χ2n) is 3.78. The fourth-order valence-corrected chi connectivity index (χ4v) is 1.39. The third-order valence-electron chi connectivity index (χ3n) is 2.49. The van der Waals surface area contributed by atoms with E-state index < -0.39 is 5.82 Å². The average molecular weight is 225 g/mol. The zero-order valence-corrected chi connectivity index (χ0v) is 9.50. The van der Waals surface area contributed by atoms with Gasteiger partial charge in [-0.2, -0.15) is 0 Å². The second kappa shape index (κ2) is 5.61. The monoisotopic (exact) mass is 225 g/mol. The Labute approximate surface area is 94.4 Å². The Kier molecular flexibility index (Phi) is 4.43. The molecule has 2 N–H and O–H groups in total. The Morgan fingerprint density at radius 2 is 2.25 bits per heavy atom. The van der Waals surface area contributed by atoms with E-state index in [9.17, 15) is 9.18 Å². The van der Waals surface area contributed by atoms with Crippen LogP contribution in [0.15, 0.2) is 18.2 Å². The van der Waals surface area contributed by atoms with Gasteiger partial charge in [0, 0.05) is 25.2 Å². The van der Waals surface area contributed by atoms with E-state index >= 15 is 0 Å². The number of nitrogens with two attached hydrogens (primary N) is 1. The summed E-state index contributed by atoms with van der Waals surface area (Å²) in [5.41, 5.74) is 5.75. The molecule has 0 saturated heterocycles. The lowest BCUT2D eigenvalue weighted by molar-refractivity contribution is 0.0893. The number of nitrogen functional groups attached to an aromatic ring is 1. The van der Waals surface area contributed by atoms with Gasteiger partial charge < -0.3 is 10.5 Å². The Bertz CT molecular complexity index is 379. The van der Waals surface area contributed by atoms with Crippen molar-refractivity contribution in [1.29, 1.82) is 0 Å². The van der Waals surface area contributed by atoms with E-state index in [1.165, 1.54) is 12.1 Å². The van der Waals surface area contributed by atoms with E-state index in [0.717, 1.165) is 0 Å². The quantitative estimate of drug-likeness (QED) is 0.617. The molecular weight excluding hydrogens is 209 g/mol. The van der Waals surface area contributed by atoms with E-state index in [1.54, 1.807) is 20.1 Å². The highest BCUT2D eigenvalue weighted by Crippen LogP contribution is 2.16. The fourth-order valence-electron chi connectivity index (χ4n) is 1.39. The summed E-state index contributed by atoms with van der Waals surface area (Å²) in [5.74, 6) is -0.816. The van der Waals surface area contributed by atoms with Crippen molar-refractivity contribution in [3.8, 4) is 0 Å². The topological polar surface area (TPSA) is 52.3 Å². The number of carbonyl (C=O) groups is 1. The summed E-state index contributed by atoms with van der Waals surface area (Å²) in [4.78, 5) is 11.9. The van der Waals surface area contributed by atoms with Crippen LogP contribution < -0.4 is 5.73 Å². The van der Waals surface area contributed by atoms with E-state index in [2.05, 4.69) is 0 Å². The molecule has 0 spiro atoms. The van der Waals surface area contributed by atoms with Crippen molar-refractivity contribution in [2.45, 2.75) is 13.3 Å². The number of anilines is 1. The molecule has 0 heterocycles. The van der Waals surface area contributed by atoms with E-state index in [4.69, 9.17) is 10.5 Å². The third kappa shape index (κ3) is 3.03. The van der Waals surface area contributed by atoms with Crippen LogP contribution in [0, 0.1) is 11.7 Å². The molecule has 0 fully saturated rings. The largest absolute Gasteiger partial charge is 0.396 e. The first-order valence-corrected chi connectivity index (χ1v) is 5.14. The van der Waals surface area contributed by atoms with E-state index in [0.29, 0.717) is 18.6 Å². The molecule has 0 radical (unpaired) electrons. The first kappa shape index (κ1) is 12.6. The molecule has 0 aliphatic heterocycles. The lowest BCUT2D eigenvalue weighted by atomic mass is 9.96. The number of ether oxygens (including phenoxy) is 1. The Morgan fingerprint density at radius 1 is 1.56 bits per heavy atom. The fraction of sp³-hybridized carbons (Fsp3) is 0.417. The van der Waals surface area contributed by atoms with E-state index in [1.807, 2.05) is 0 Å². The van der Waals surface area contributed by atoms with Gasteiger partial charge in [0.25, 0.3) is 0 Å². The Hall–Kier alpha value is -1.42. The van der Waals surface area contributed by atoms with Crippen molar-refractivity contribution in [3.63, 3.8) is 0 Å². The molecule has 16 heavy (non-hydrogen) atoms. The van der Waals surface area contributed by atoms with Crippen LogP contribution in [-0.4, -0.2) is 19.5 Å². The molecule has 1 atom stereocenters. The highest BCUT2D eigenvalue weighted by Gasteiger charge is 2.15. The molecule has 0 bridgehead atoms. The van der Waals surface area contributed by atoms with Crippen molar-refractivity contribution in [1.82, 2.24) is 0 Å². The molecule has 88 valence electrons. The van der Waals surface area contributed by atoms with Crippen LogP contribution in [0.25, 0.3) is 0 Å². The van der Waals surface area contributed by atoms with Crippen molar-refractivity contribution >= 4 is 11.5 Å². The molecule has 0 saturated carbocycles. The number of hydrogen-bond acceptors (Lipinski definition) is 3. The number of hydrogen-bond donors (Lipinski definition) is 1. The number of ketones is 1. The minimum Gasteiger partial charge on any atom is -0.396 e. The number of rotatable bonds is 5. The normalized spacial score (nSPS) is 12.4. The summed E-state index contributed by atoms with van der Waals surface area (Å²) < 4.78 is 18.0. The highest BCUT2D eigenvalue weighted by molar-refractivity contribution is 5.97. The van der Waals surface area contributed by atoms with Gasteiger partial charge in [-0.3, -0.25) is 4.79 Å². The number of carbonyl (C=O) groups excluding carboxylic acids is 1. The molecule has 1 aromatic carbocycles. The van der Waals surface area contributed by atoms with Crippen molar-refractivity contribution in [2.24, 2.45) is 5.92 Å². The zero-order valence-electron chi connectivity index (χ0n) is 9.50. The summed E-state index contributed by atoms with van der Waals surface area (Å²) in [5, 5.41) is 0. The number of methoxy groups -OCH3 is 1. The van der Waals surface area contributed by atoms with Crippen molar-refractivity contribution < 1.29 is 13.9 Å². The van der Waals surface area contributed by atoms with Crippen LogP contribution >= 0.6 is 0 Å². The molecule has 1 aromatic rings. The Balaban J connectivity index is 2.76. The maximum absolute atomic E-state index is 13.2. The minimum atomic E-state index is -0.551. The predicted octanol–water partition coefficient (Wildman–Crippen LogP) is 2.26. The number of benzene rings is 1. The summed E-state index contributed by atoms with van der Waals surface area (Å²) >= 11 is 0. The SMILES string of the molecule is COCCC(C)C(=O)c1ccc(N)c(F)c1. The van der Waals surface area contributed by atoms with Gasteiger partial charge in [-0.25, -0.2) is 4.39 Å². The highest BCUT2D eigenvalue weighted by atomic mass is 19.1. The maximum Gasteiger partial charge on any atom is 0.165 e. The second-order valence-corrected chi connectivity index (χ2v) is 3.78. The Morgan fingerprint density at radius 3 is 2.81 bits per heavy atom. The van der Waals surface area contributed by atoms with Crippen LogP contribution in [0.1, 0.15) is 23.7 Å². The summed E-state index contributed by atoms with van der Waals surface area (Å²) in [6.07, 6.45) is 0.626. The summed E-state index contributed by atoms with van der Waals surface area (Å²) in [6, 6.07) is 4.14. The third-order valence-corrected chi connectivity index (χ3v) is 2.49. The van der Waals surface area contributed by atoms with Crippen LogP contribution in [0.5, 0.6) is 0 Å². The van der Waals surface area contributed by atoms with Gasteiger partial charge in [-0.15, -0.1) is 0 Å². The first-order valence-electron chi connectivity index (χ1n) is 5.14. The molecule has 0 aromatic heterocycles. The van der Waals surface area contributed by atoms with Gasteiger partial charge >= 0.3 is 0 Å². The molecular formula is C12H16FNO2. The molecule has 4 heteroatoms. The molecule has 1 rings (SSSR count). The van der Waals surface area contributed by atoms with Gasteiger partial charge in [0.1, 0.15) is 5.82 Å². The zero-order chi connectivity index (χ0) is 12.1. The first-order chi connectivity index (χ1) is 7.56. The summed E-state index contributed by atoms with van der Waals surface area (Å²) in [6.45, 7) is 2.32. The van der Waals surface area contributed by atoms with Crippen LogP contribution in [0.4, 0.5) is 10.1 Å². The molecule has 0 amide bonds.